The first-order valence-electron chi connectivity index (χ1n) is 8.51. The molecule has 2 aliphatic rings. The Kier molecular flexibility index (Phi) is 4.03. The minimum absolute atomic E-state index is 0.140. The zero-order valence-corrected chi connectivity index (χ0v) is 14.8. The van der Waals surface area contributed by atoms with E-state index in [9.17, 15) is 15.3 Å². The fourth-order valence-corrected chi connectivity index (χ4v) is 4.79. The van der Waals surface area contributed by atoms with Crippen molar-refractivity contribution in [2.45, 2.75) is 38.6 Å². The predicted molar refractivity (Wildman–Crippen MR) is 96.3 cm³/mol. The van der Waals surface area contributed by atoms with Crippen LogP contribution < -0.4 is 4.80 Å². The molecule has 6 nitrogen and oxygen atoms in total. The molecule has 25 heavy (non-hydrogen) atoms. The van der Waals surface area contributed by atoms with Gasteiger partial charge >= 0.3 is 0 Å². The van der Waals surface area contributed by atoms with Gasteiger partial charge in [-0.25, -0.2) is 4.68 Å². The Balaban J connectivity index is 1.65. The molecule has 4 rings (SSSR count). The molecule has 3 atom stereocenters. The zero-order chi connectivity index (χ0) is 17.6. The number of phenolic OH excluding ortho intramolecular Hbond substituents is 3. The van der Waals surface area contributed by atoms with Crippen molar-refractivity contribution < 1.29 is 15.3 Å². The Bertz CT molecular complexity index is 899. The van der Waals surface area contributed by atoms with Gasteiger partial charge in [-0.3, -0.25) is 4.99 Å². The van der Waals surface area contributed by atoms with Crippen LogP contribution in [0.3, 0.4) is 0 Å². The number of benzene rings is 1. The van der Waals surface area contributed by atoms with Crippen molar-refractivity contribution in [1.82, 2.24) is 4.68 Å². The van der Waals surface area contributed by atoms with Gasteiger partial charge in [-0.2, -0.15) is 5.10 Å². The number of aromatic hydroxyl groups is 3. The maximum absolute atomic E-state index is 9.89. The lowest BCUT2D eigenvalue weighted by Gasteiger charge is -2.16. The van der Waals surface area contributed by atoms with E-state index >= 15 is 0 Å². The second-order valence-corrected chi connectivity index (χ2v) is 7.82. The lowest BCUT2D eigenvalue weighted by Crippen LogP contribution is -2.21. The molecule has 2 unspecified atom stereocenters. The highest BCUT2D eigenvalue weighted by atomic mass is 32.1. The molecule has 2 aromatic rings. The van der Waals surface area contributed by atoms with Crippen LogP contribution in [0.25, 0.3) is 0 Å². The summed E-state index contributed by atoms with van der Waals surface area (Å²) in [5.74, 6) is 0.759. The second kappa shape index (κ2) is 6.22. The van der Waals surface area contributed by atoms with Crippen LogP contribution in [0.4, 0.5) is 0 Å². The molecule has 0 spiro atoms. The number of phenols is 3. The van der Waals surface area contributed by atoms with Gasteiger partial charge < -0.3 is 15.3 Å². The van der Waals surface area contributed by atoms with E-state index in [1.54, 1.807) is 16.0 Å². The van der Waals surface area contributed by atoms with Gasteiger partial charge in [0.1, 0.15) is 5.75 Å². The number of nitrogens with zero attached hydrogens (tertiary/aromatic N) is 3. The highest BCUT2D eigenvalue weighted by Gasteiger charge is 2.39. The molecule has 1 heterocycles. The van der Waals surface area contributed by atoms with Crippen LogP contribution in [0.1, 0.15) is 36.9 Å². The Morgan fingerprint density at radius 3 is 2.64 bits per heavy atom. The first-order chi connectivity index (χ1) is 12.0. The van der Waals surface area contributed by atoms with Gasteiger partial charge in [0.15, 0.2) is 11.5 Å². The number of thiazole rings is 1. The van der Waals surface area contributed by atoms with E-state index in [0.717, 1.165) is 22.5 Å². The highest BCUT2D eigenvalue weighted by Crippen LogP contribution is 2.45. The summed E-state index contributed by atoms with van der Waals surface area (Å²) in [6.07, 6.45) is 6.59. The van der Waals surface area contributed by atoms with Crippen LogP contribution in [-0.2, 0) is 0 Å². The summed E-state index contributed by atoms with van der Waals surface area (Å²) < 4.78 is 1.76. The van der Waals surface area contributed by atoms with Crippen molar-refractivity contribution >= 4 is 17.6 Å². The molecule has 0 saturated heterocycles. The van der Waals surface area contributed by atoms with Gasteiger partial charge in [-0.05, 0) is 44.1 Å². The van der Waals surface area contributed by atoms with E-state index in [4.69, 9.17) is 4.99 Å². The third-order valence-electron chi connectivity index (χ3n) is 5.26. The number of aromatic nitrogens is 1. The van der Waals surface area contributed by atoms with Crippen LogP contribution in [0.15, 0.2) is 27.6 Å². The van der Waals surface area contributed by atoms with Crippen LogP contribution in [0, 0.1) is 18.8 Å². The molecule has 3 N–H and O–H groups in total. The first-order valence-corrected chi connectivity index (χ1v) is 9.39. The smallest absolute Gasteiger partial charge is 0.206 e. The van der Waals surface area contributed by atoms with E-state index in [1.807, 2.05) is 12.3 Å². The molecule has 2 bridgehead atoms. The fourth-order valence-electron chi connectivity index (χ4n) is 3.93. The van der Waals surface area contributed by atoms with Gasteiger partial charge in [0.25, 0.3) is 0 Å². The third-order valence-corrected chi connectivity index (χ3v) is 6.21. The quantitative estimate of drug-likeness (QED) is 0.447. The predicted octanol–water partition coefficient (Wildman–Crippen LogP) is 2.95. The molecule has 0 radical (unpaired) electrons. The van der Waals surface area contributed by atoms with Crippen molar-refractivity contribution in [3.8, 4) is 17.2 Å². The van der Waals surface area contributed by atoms with Crippen molar-refractivity contribution in [2.75, 3.05) is 0 Å². The van der Waals surface area contributed by atoms with Gasteiger partial charge in [0.05, 0.1) is 18.0 Å². The van der Waals surface area contributed by atoms with Crippen LogP contribution in [0.5, 0.6) is 17.2 Å². The largest absolute Gasteiger partial charge is 0.507 e. The zero-order valence-electron chi connectivity index (χ0n) is 14.0. The number of hydrogen-bond donors (Lipinski definition) is 3. The first kappa shape index (κ1) is 16.2. The Labute approximate surface area is 149 Å². The topological polar surface area (TPSA) is 90.3 Å². The lowest BCUT2D eigenvalue weighted by molar-refractivity contribution is 0.396. The number of fused-ring (bicyclic) bond motifs is 2. The molecule has 1 aromatic heterocycles. The average Bonchev–Trinajstić information content (AvgIpc) is 3.27. The van der Waals surface area contributed by atoms with Crippen molar-refractivity contribution in [1.29, 1.82) is 0 Å². The summed E-state index contributed by atoms with van der Waals surface area (Å²) in [6.45, 7) is 1.96. The number of aryl methyl sites for hydroxylation is 1. The van der Waals surface area contributed by atoms with E-state index in [2.05, 4.69) is 5.10 Å². The minimum atomic E-state index is -0.360. The molecule has 0 aliphatic heterocycles. The number of hydrogen-bond acceptors (Lipinski definition) is 6. The van der Waals surface area contributed by atoms with Crippen LogP contribution in [0.2, 0.25) is 0 Å². The number of rotatable bonds is 3. The summed E-state index contributed by atoms with van der Waals surface area (Å²) in [6, 6.07) is 2.77. The standard InChI is InChI=1S/C18H21N3O3S/c1-10-9-25-18(20-14-5-11-2-3-12(14)4-11)21(10)19-8-13-6-16(23)17(24)7-15(13)22/h6-9,11-12,14,22-24H,2-5H2,1H3/b19-8+,20-18-/t11?,12-,14?/m0/s1. The normalized spacial score (nSPS) is 26.1. The minimum Gasteiger partial charge on any atom is -0.507 e. The average molecular weight is 359 g/mol. The summed E-state index contributed by atoms with van der Waals surface area (Å²) in [5, 5.41) is 35.3. The molecule has 7 heteroatoms. The third kappa shape index (κ3) is 3.04. The Hall–Kier alpha value is -2.28. The molecule has 2 fully saturated rings. The summed E-state index contributed by atoms with van der Waals surface area (Å²) in [4.78, 5) is 5.80. The van der Waals surface area contributed by atoms with E-state index in [-0.39, 0.29) is 17.2 Å². The Morgan fingerprint density at radius 1 is 1.12 bits per heavy atom. The summed E-state index contributed by atoms with van der Waals surface area (Å²) in [5.41, 5.74) is 1.30. The van der Waals surface area contributed by atoms with Gasteiger partial charge in [-0.15, -0.1) is 11.3 Å². The molecule has 1 aromatic carbocycles. The van der Waals surface area contributed by atoms with Crippen molar-refractivity contribution in [3.63, 3.8) is 0 Å². The van der Waals surface area contributed by atoms with Crippen molar-refractivity contribution in [2.24, 2.45) is 21.9 Å². The molecule has 0 amide bonds. The summed E-state index contributed by atoms with van der Waals surface area (Å²) >= 11 is 1.57. The van der Waals surface area contributed by atoms with Crippen molar-refractivity contribution in [3.05, 3.63) is 33.6 Å². The maximum Gasteiger partial charge on any atom is 0.206 e. The lowest BCUT2D eigenvalue weighted by atomic mass is 9.96. The molecule has 2 saturated carbocycles. The second-order valence-electron chi connectivity index (χ2n) is 6.99. The van der Waals surface area contributed by atoms with Gasteiger partial charge in [0.2, 0.25) is 4.80 Å². The fraction of sp³-hybridized carbons (Fsp3) is 0.444. The molecular weight excluding hydrogens is 338 g/mol. The van der Waals surface area contributed by atoms with Gasteiger partial charge in [0, 0.05) is 17.0 Å². The molecule has 2 aliphatic carbocycles. The molecule has 132 valence electrons. The van der Waals surface area contributed by atoms with Gasteiger partial charge in [-0.1, -0.05) is 6.42 Å². The Morgan fingerprint density at radius 2 is 1.92 bits per heavy atom. The highest BCUT2D eigenvalue weighted by molar-refractivity contribution is 7.07. The monoisotopic (exact) mass is 359 g/mol. The van der Waals surface area contributed by atoms with E-state index in [1.165, 1.54) is 38.0 Å². The van der Waals surface area contributed by atoms with Crippen LogP contribution in [-0.4, -0.2) is 32.3 Å². The molecular formula is C18H21N3O3S. The summed E-state index contributed by atoms with van der Waals surface area (Å²) in [7, 11) is 0. The maximum atomic E-state index is 9.89. The SMILES string of the molecule is Cc1cs/c(=N\C2CC3CC[C@H]2C3)n1/N=C/c1cc(O)c(O)cc1O. The van der Waals surface area contributed by atoms with Crippen LogP contribution >= 0.6 is 11.3 Å². The van der Waals surface area contributed by atoms with E-state index < -0.39 is 0 Å². The van der Waals surface area contributed by atoms with E-state index in [0.29, 0.717) is 17.5 Å².